The Hall–Kier alpha value is -2.38. The first-order chi connectivity index (χ1) is 12.2. The van der Waals surface area contributed by atoms with Gasteiger partial charge in [-0.1, -0.05) is 25.0 Å². The highest BCUT2D eigenvalue weighted by Crippen LogP contribution is 2.37. The smallest absolute Gasteiger partial charge is 0.351 e. The second-order valence-electron chi connectivity index (χ2n) is 6.75. The lowest BCUT2D eigenvalue weighted by Gasteiger charge is -2.34. The highest BCUT2D eigenvalue weighted by molar-refractivity contribution is 6.22. The quantitative estimate of drug-likeness (QED) is 0.835. The number of alkyl halides is 3. The number of carbonyl (C=O) groups is 3. The monoisotopic (exact) mass is 368 g/mol. The zero-order valence-corrected chi connectivity index (χ0v) is 14.2. The van der Waals surface area contributed by atoms with E-state index in [4.69, 9.17) is 0 Å². The highest BCUT2D eigenvalue weighted by atomic mass is 19.4. The molecule has 2 aliphatic rings. The number of benzene rings is 1. The summed E-state index contributed by atoms with van der Waals surface area (Å²) in [6.07, 6.45) is -3.14. The number of imide groups is 1. The minimum atomic E-state index is -4.39. The van der Waals surface area contributed by atoms with E-state index in [1.165, 1.54) is 19.1 Å². The second-order valence-corrected chi connectivity index (χ2v) is 6.75. The van der Waals surface area contributed by atoms with E-state index in [-0.39, 0.29) is 24.0 Å². The molecule has 1 heterocycles. The maximum absolute atomic E-state index is 13.2. The summed E-state index contributed by atoms with van der Waals surface area (Å²) in [5.74, 6) is -3.57. The number of hydrogen-bond donors (Lipinski definition) is 1. The van der Waals surface area contributed by atoms with Crippen molar-refractivity contribution in [2.75, 3.05) is 0 Å². The van der Waals surface area contributed by atoms with Gasteiger partial charge in [-0.25, -0.2) is 0 Å². The molecule has 0 aromatic heterocycles. The van der Waals surface area contributed by atoms with E-state index in [0.717, 1.165) is 4.90 Å². The first-order valence-electron chi connectivity index (χ1n) is 8.56. The maximum atomic E-state index is 13.2. The van der Waals surface area contributed by atoms with Crippen LogP contribution in [0.3, 0.4) is 0 Å². The highest BCUT2D eigenvalue weighted by Gasteiger charge is 2.47. The van der Waals surface area contributed by atoms with Crippen LogP contribution in [0.5, 0.6) is 0 Å². The van der Waals surface area contributed by atoms with Crippen LogP contribution in [-0.2, 0) is 4.79 Å². The molecule has 140 valence electrons. The van der Waals surface area contributed by atoms with Gasteiger partial charge < -0.3 is 5.32 Å². The number of hydrogen-bond acceptors (Lipinski definition) is 3. The molecule has 1 aliphatic heterocycles. The Bertz CT molecular complexity index is 712. The van der Waals surface area contributed by atoms with Gasteiger partial charge in [-0.05, 0) is 31.9 Å². The summed E-state index contributed by atoms with van der Waals surface area (Å²) in [4.78, 5) is 38.1. The molecular weight excluding hydrogens is 349 g/mol. The van der Waals surface area contributed by atoms with Gasteiger partial charge in [0.2, 0.25) is 5.91 Å². The van der Waals surface area contributed by atoms with Gasteiger partial charge in [-0.15, -0.1) is 0 Å². The zero-order chi connectivity index (χ0) is 19.1. The van der Waals surface area contributed by atoms with Crippen molar-refractivity contribution in [1.82, 2.24) is 10.2 Å². The van der Waals surface area contributed by atoms with Crippen LogP contribution in [0.1, 0.15) is 53.3 Å². The minimum Gasteiger partial charge on any atom is -0.351 e. The molecule has 1 aromatic carbocycles. The van der Waals surface area contributed by atoms with Gasteiger partial charge in [0.1, 0.15) is 6.04 Å². The van der Waals surface area contributed by atoms with Crippen LogP contribution in [-0.4, -0.2) is 40.9 Å². The van der Waals surface area contributed by atoms with Crippen molar-refractivity contribution in [3.05, 3.63) is 35.4 Å². The molecule has 26 heavy (non-hydrogen) atoms. The third-order valence-electron chi connectivity index (χ3n) is 5.11. The summed E-state index contributed by atoms with van der Waals surface area (Å²) in [7, 11) is 0. The number of carbonyl (C=O) groups excluding carboxylic acids is 3. The molecule has 3 unspecified atom stereocenters. The molecule has 3 rings (SSSR count). The first-order valence-corrected chi connectivity index (χ1v) is 8.56. The number of amides is 3. The lowest BCUT2D eigenvalue weighted by atomic mass is 9.84. The molecule has 3 amide bonds. The van der Waals surface area contributed by atoms with Crippen LogP contribution >= 0.6 is 0 Å². The molecule has 3 atom stereocenters. The fraction of sp³-hybridized carbons (Fsp3) is 0.500. The molecule has 1 aromatic rings. The van der Waals surface area contributed by atoms with Crippen molar-refractivity contribution >= 4 is 17.7 Å². The molecular formula is C18H19F3N2O3. The van der Waals surface area contributed by atoms with Crippen molar-refractivity contribution in [3.63, 3.8) is 0 Å². The lowest BCUT2D eigenvalue weighted by molar-refractivity contribution is -0.189. The number of fused-ring (bicyclic) bond motifs is 1. The normalized spacial score (nSPS) is 24.4. The number of nitrogens with zero attached hydrogens (tertiary/aromatic N) is 1. The van der Waals surface area contributed by atoms with Gasteiger partial charge in [0, 0.05) is 6.04 Å². The number of halogens is 3. The van der Waals surface area contributed by atoms with E-state index >= 15 is 0 Å². The molecule has 1 saturated carbocycles. The summed E-state index contributed by atoms with van der Waals surface area (Å²) in [5.41, 5.74) is 0.394. The maximum Gasteiger partial charge on any atom is 0.393 e. The SMILES string of the molecule is CC(C(=O)NC1CCCCC1C(F)(F)F)N1C(=O)c2ccccc2C1=O. The Morgan fingerprint density at radius 1 is 1.12 bits per heavy atom. The largest absolute Gasteiger partial charge is 0.393 e. The van der Waals surface area contributed by atoms with E-state index in [2.05, 4.69) is 5.32 Å². The summed E-state index contributed by atoms with van der Waals surface area (Å²) >= 11 is 0. The van der Waals surface area contributed by atoms with Gasteiger partial charge in [-0.2, -0.15) is 13.2 Å². The fourth-order valence-electron chi connectivity index (χ4n) is 3.68. The van der Waals surface area contributed by atoms with Crippen LogP contribution < -0.4 is 5.32 Å². The fourth-order valence-corrected chi connectivity index (χ4v) is 3.68. The van der Waals surface area contributed by atoms with Crippen LogP contribution in [0, 0.1) is 5.92 Å². The van der Waals surface area contributed by atoms with E-state index in [1.54, 1.807) is 12.1 Å². The molecule has 0 spiro atoms. The molecule has 5 nitrogen and oxygen atoms in total. The van der Waals surface area contributed by atoms with Crippen molar-refractivity contribution in [2.24, 2.45) is 5.92 Å². The minimum absolute atomic E-state index is 0.0319. The first kappa shape index (κ1) is 18.4. The standard InChI is InChI=1S/C18H19F3N2O3/c1-10(23-16(25)11-6-2-3-7-12(11)17(23)26)15(24)22-14-9-5-4-8-13(14)18(19,20)21/h2-3,6-7,10,13-14H,4-5,8-9H2,1H3,(H,22,24). The molecule has 0 saturated heterocycles. The average Bonchev–Trinajstić information content (AvgIpc) is 2.85. The molecule has 1 aliphatic carbocycles. The molecule has 8 heteroatoms. The third kappa shape index (κ3) is 3.20. The summed E-state index contributed by atoms with van der Waals surface area (Å²) in [6.45, 7) is 1.35. The molecule has 1 fully saturated rings. The van der Waals surface area contributed by atoms with Gasteiger partial charge in [-0.3, -0.25) is 19.3 Å². The van der Waals surface area contributed by atoms with Crippen molar-refractivity contribution < 1.29 is 27.6 Å². The Morgan fingerprint density at radius 2 is 1.65 bits per heavy atom. The van der Waals surface area contributed by atoms with Gasteiger partial charge in [0.05, 0.1) is 17.0 Å². The molecule has 0 radical (unpaired) electrons. The Kier molecular flexibility index (Phi) is 4.77. The van der Waals surface area contributed by atoms with E-state index in [0.29, 0.717) is 12.8 Å². The topological polar surface area (TPSA) is 66.5 Å². The Balaban J connectivity index is 1.74. The van der Waals surface area contributed by atoms with Gasteiger partial charge in [0.15, 0.2) is 0 Å². The van der Waals surface area contributed by atoms with E-state index < -0.39 is 41.9 Å². The molecule has 0 bridgehead atoms. The van der Waals surface area contributed by atoms with E-state index in [1.807, 2.05) is 0 Å². The summed E-state index contributed by atoms with van der Waals surface area (Å²) in [5, 5.41) is 2.41. The van der Waals surface area contributed by atoms with Gasteiger partial charge in [0.25, 0.3) is 11.8 Å². The van der Waals surface area contributed by atoms with E-state index in [9.17, 15) is 27.6 Å². The van der Waals surface area contributed by atoms with Crippen molar-refractivity contribution in [2.45, 2.75) is 50.9 Å². The van der Waals surface area contributed by atoms with Crippen molar-refractivity contribution in [1.29, 1.82) is 0 Å². The summed E-state index contributed by atoms with van der Waals surface area (Å²) in [6, 6.07) is 3.97. The Morgan fingerprint density at radius 3 is 2.19 bits per heavy atom. The summed E-state index contributed by atoms with van der Waals surface area (Å²) < 4.78 is 39.5. The van der Waals surface area contributed by atoms with Crippen molar-refractivity contribution in [3.8, 4) is 0 Å². The van der Waals surface area contributed by atoms with Crippen LogP contribution in [0.25, 0.3) is 0 Å². The predicted octanol–water partition coefficient (Wildman–Crippen LogP) is 2.91. The molecule has 1 N–H and O–H groups in total. The predicted molar refractivity (Wildman–Crippen MR) is 86.3 cm³/mol. The Labute approximate surface area is 148 Å². The van der Waals surface area contributed by atoms with Crippen LogP contribution in [0.15, 0.2) is 24.3 Å². The number of rotatable bonds is 3. The second kappa shape index (κ2) is 6.74. The third-order valence-corrected chi connectivity index (χ3v) is 5.11. The number of nitrogens with one attached hydrogen (secondary N) is 1. The van der Waals surface area contributed by atoms with Crippen LogP contribution in [0.4, 0.5) is 13.2 Å². The average molecular weight is 368 g/mol. The van der Waals surface area contributed by atoms with Crippen LogP contribution in [0.2, 0.25) is 0 Å². The lowest BCUT2D eigenvalue weighted by Crippen LogP contribution is -2.54. The zero-order valence-electron chi connectivity index (χ0n) is 14.2. The van der Waals surface area contributed by atoms with Gasteiger partial charge >= 0.3 is 6.18 Å².